The van der Waals surface area contributed by atoms with E-state index in [9.17, 15) is 4.79 Å². The minimum absolute atomic E-state index is 0.141. The van der Waals surface area contributed by atoms with Crippen molar-refractivity contribution in [2.24, 2.45) is 0 Å². The number of carbonyl (C=O) groups is 1. The van der Waals surface area contributed by atoms with Gasteiger partial charge in [-0.3, -0.25) is 4.79 Å². The Hall–Kier alpha value is -2.88. The van der Waals surface area contributed by atoms with Gasteiger partial charge in [-0.1, -0.05) is 24.3 Å². The molecule has 2 aromatic carbocycles. The first-order chi connectivity index (χ1) is 10.6. The second-order valence-electron chi connectivity index (χ2n) is 5.06. The van der Waals surface area contributed by atoms with E-state index in [0.29, 0.717) is 17.1 Å². The molecule has 0 radical (unpaired) electrons. The number of oxazole rings is 1. The van der Waals surface area contributed by atoms with E-state index in [1.165, 1.54) is 0 Å². The molecule has 0 saturated heterocycles. The summed E-state index contributed by atoms with van der Waals surface area (Å²) < 4.78 is 5.62. The molecule has 0 aliphatic heterocycles. The molecule has 3 aromatic rings. The molecule has 0 spiro atoms. The molecular weight excluding hydrogens is 276 g/mol. The van der Waals surface area contributed by atoms with Crippen LogP contribution in [0, 0.1) is 13.8 Å². The first-order valence-corrected chi connectivity index (χ1v) is 7.04. The van der Waals surface area contributed by atoms with Gasteiger partial charge in [0.15, 0.2) is 0 Å². The minimum atomic E-state index is -0.141. The van der Waals surface area contributed by atoms with Crippen LogP contribution in [0.3, 0.4) is 0 Å². The Morgan fingerprint density at radius 3 is 2.50 bits per heavy atom. The maximum absolute atomic E-state index is 12.2. The van der Waals surface area contributed by atoms with Crippen molar-refractivity contribution in [3.8, 4) is 11.5 Å². The lowest BCUT2D eigenvalue weighted by molar-refractivity contribution is 0.102. The summed E-state index contributed by atoms with van der Waals surface area (Å²) in [6.07, 6.45) is 0. The van der Waals surface area contributed by atoms with Crippen LogP contribution in [0.2, 0.25) is 0 Å². The van der Waals surface area contributed by atoms with Crippen molar-refractivity contribution in [2.45, 2.75) is 13.8 Å². The fourth-order valence-electron chi connectivity index (χ4n) is 2.12. The summed E-state index contributed by atoms with van der Waals surface area (Å²) in [5.74, 6) is 1.22. The molecule has 0 saturated carbocycles. The molecule has 0 atom stereocenters. The summed E-state index contributed by atoms with van der Waals surface area (Å²) in [5.41, 5.74) is 3.03. The average Bonchev–Trinajstić information content (AvgIpc) is 2.88. The number of hydrogen-bond acceptors (Lipinski definition) is 3. The number of aryl methyl sites for hydroxylation is 2. The van der Waals surface area contributed by atoms with Gasteiger partial charge in [0.05, 0.1) is 5.69 Å². The zero-order valence-electron chi connectivity index (χ0n) is 12.5. The molecule has 22 heavy (non-hydrogen) atoms. The standard InChI is InChI=1S/C18H16N2O2/c1-12-13(2)22-18(19-12)15-9-6-10-16(11-15)20-17(21)14-7-4-3-5-8-14/h3-11H,1-2H3,(H,20,21). The van der Waals surface area contributed by atoms with E-state index in [0.717, 1.165) is 17.0 Å². The summed E-state index contributed by atoms with van der Waals surface area (Å²) in [6.45, 7) is 3.79. The van der Waals surface area contributed by atoms with Crippen LogP contribution >= 0.6 is 0 Å². The maximum Gasteiger partial charge on any atom is 0.255 e. The molecular formula is C18H16N2O2. The van der Waals surface area contributed by atoms with Crippen molar-refractivity contribution in [3.63, 3.8) is 0 Å². The number of rotatable bonds is 3. The number of anilines is 1. The Labute approximate surface area is 128 Å². The molecule has 0 bridgehead atoms. The molecule has 1 amide bonds. The first-order valence-electron chi connectivity index (χ1n) is 7.04. The molecule has 3 rings (SSSR count). The van der Waals surface area contributed by atoms with E-state index in [2.05, 4.69) is 10.3 Å². The Bertz CT molecular complexity index is 787. The Balaban J connectivity index is 1.84. The topological polar surface area (TPSA) is 55.1 Å². The highest BCUT2D eigenvalue weighted by Crippen LogP contribution is 2.24. The predicted octanol–water partition coefficient (Wildman–Crippen LogP) is 4.21. The van der Waals surface area contributed by atoms with Crippen LogP contribution in [0.1, 0.15) is 21.8 Å². The van der Waals surface area contributed by atoms with Gasteiger partial charge in [0, 0.05) is 16.8 Å². The fourth-order valence-corrected chi connectivity index (χ4v) is 2.12. The third kappa shape index (κ3) is 2.91. The zero-order chi connectivity index (χ0) is 15.5. The van der Waals surface area contributed by atoms with Crippen molar-refractivity contribution in [3.05, 3.63) is 71.6 Å². The highest BCUT2D eigenvalue weighted by molar-refractivity contribution is 6.04. The smallest absolute Gasteiger partial charge is 0.255 e. The highest BCUT2D eigenvalue weighted by atomic mass is 16.4. The van der Waals surface area contributed by atoms with Crippen LogP contribution in [0.15, 0.2) is 59.0 Å². The first kappa shape index (κ1) is 14.1. The highest BCUT2D eigenvalue weighted by Gasteiger charge is 2.10. The molecule has 1 heterocycles. The molecule has 1 N–H and O–H groups in total. The monoisotopic (exact) mass is 292 g/mol. The molecule has 0 unspecified atom stereocenters. The summed E-state index contributed by atoms with van der Waals surface area (Å²) in [6, 6.07) is 16.6. The van der Waals surface area contributed by atoms with E-state index in [1.807, 2.05) is 56.3 Å². The normalized spacial score (nSPS) is 10.5. The number of nitrogens with zero attached hydrogens (tertiary/aromatic N) is 1. The lowest BCUT2D eigenvalue weighted by atomic mass is 10.1. The number of carbonyl (C=O) groups excluding carboxylic acids is 1. The summed E-state index contributed by atoms with van der Waals surface area (Å²) in [7, 11) is 0. The van der Waals surface area contributed by atoms with Crippen molar-refractivity contribution in [1.82, 2.24) is 4.98 Å². The molecule has 0 fully saturated rings. The average molecular weight is 292 g/mol. The molecule has 4 nitrogen and oxygen atoms in total. The number of benzene rings is 2. The van der Waals surface area contributed by atoms with Gasteiger partial charge < -0.3 is 9.73 Å². The van der Waals surface area contributed by atoms with Crippen LogP contribution in [0.5, 0.6) is 0 Å². The molecule has 4 heteroatoms. The van der Waals surface area contributed by atoms with Crippen molar-refractivity contribution < 1.29 is 9.21 Å². The van der Waals surface area contributed by atoms with Crippen LogP contribution < -0.4 is 5.32 Å². The van der Waals surface area contributed by atoms with E-state index >= 15 is 0 Å². The SMILES string of the molecule is Cc1nc(-c2cccc(NC(=O)c3ccccc3)c2)oc1C. The summed E-state index contributed by atoms with van der Waals surface area (Å²) in [5, 5.41) is 2.88. The van der Waals surface area contributed by atoms with Crippen LogP contribution in [-0.4, -0.2) is 10.9 Å². The Morgan fingerprint density at radius 2 is 1.82 bits per heavy atom. The summed E-state index contributed by atoms with van der Waals surface area (Å²) in [4.78, 5) is 16.5. The van der Waals surface area contributed by atoms with E-state index in [-0.39, 0.29) is 5.91 Å². The summed E-state index contributed by atoms with van der Waals surface area (Å²) >= 11 is 0. The second kappa shape index (κ2) is 5.85. The van der Waals surface area contributed by atoms with Crippen LogP contribution in [-0.2, 0) is 0 Å². The quantitative estimate of drug-likeness (QED) is 0.786. The number of nitrogens with one attached hydrogen (secondary N) is 1. The molecule has 1 aromatic heterocycles. The van der Waals surface area contributed by atoms with Gasteiger partial charge in [0.2, 0.25) is 5.89 Å². The van der Waals surface area contributed by atoms with Crippen molar-refractivity contribution in [2.75, 3.05) is 5.32 Å². The lowest BCUT2D eigenvalue weighted by Crippen LogP contribution is -2.11. The lowest BCUT2D eigenvalue weighted by Gasteiger charge is -2.06. The van der Waals surface area contributed by atoms with Gasteiger partial charge in [-0.05, 0) is 44.2 Å². The molecule has 0 aliphatic rings. The minimum Gasteiger partial charge on any atom is -0.441 e. The van der Waals surface area contributed by atoms with E-state index in [1.54, 1.807) is 12.1 Å². The van der Waals surface area contributed by atoms with Gasteiger partial charge in [-0.2, -0.15) is 0 Å². The van der Waals surface area contributed by atoms with Gasteiger partial charge >= 0.3 is 0 Å². The predicted molar refractivity (Wildman–Crippen MR) is 85.8 cm³/mol. The second-order valence-corrected chi connectivity index (χ2v) is 5.06. The fraction of sp³-hybridized carbons (Fsp3) is 0.111. The van der Waals surface area contributed by atoms with Gasteiger partial charge in [0.1, 0.15) is 5.76 Å². The number of aromatic nitrogens is 1. The van der Waals surface area contributed by atoms with Gasteiger partial charge in [-0.15, -0.1) is 0 Å². The van der Waals surface area contributed by atoms with Crippen molar-refractivity contribution >= 4 is 11.6 Å². The van der Waals surface area contributed by atoms with Gasteiger partial charge in [0.25, 0.3) is 5.91 Å². The molecule has 0 aliphatic carbocycles. The third-order valence-electron chi connectivity index (χ3n) is 3.43. The van der Waals surface area contributed by atoms with Gasteiger partial charge in [-0.25, -0.2) is 4.98 Å². The third-order valence-corrected chi connectivity index (χ3v) is 3.43. The molecule has 110 valence electrons. The largest absolute Gasteiger partial charge is 0.441 e. The van der Waals surface area contributed by atoms with E-state index < -0.39 is 0 Å². The Morgan fingerprint density at radius 1 is 1.05 bits per heavy atom. The maximum atomic E-state index is 12.2. The Kier molecular flexibility index (Phi) is 3.74. The van der Waals surface area contributed by atoms with Crippen LogP contribution in [0.4, 0.5) is 5.69 Å². The zero-order valence-corrected chi connectivity index (χ0v) is 12.5. The number of hydrogen-bond donors (Lipinski definition) is 1. The van der Waals surface area contributed by atoms with E-state index in [4.69, 9.17) is 4.42 Å². The number of amides is 1. The van der Waals surface area contributed by atoms with Crippen LogP contribution in [0.25, 0.3) is 11.5 Å². The van der Waals surface area contributed by atoms with Crippen molar-refractivity contribution in [1.29, 1.82) is 0 Å².